The maximum Gasteiger partial charge on any atom is 0.325 e. The predicted octanol–water partition coefficient (Wildman–Crippen LogP) is 0.986. The minimum Gasteiger partial charge on any atom is -0.468 e. The van der Waals surface area contributed by atoms with Crippen molar-refractivity contribution in [1.82, 2.24) is 4.98 Å². The molecule has 2 N–H and O–H groups in total. The zero-order chi connectivity index (χ0) is 12.1. The first-order chi connectivity index (χ1) is 7.58. The van der Waals surface area contributed by atoms with E-state index in [1.54, 1.807) is 0 Å². The van der Waals surface area contributed by atoms with Gasteiger partial charge in [-0.25, -0.2) is 13.8 Å². The lowest BCUT2D eigenvalue weighted by Gasteiger charge is -2.08. The average molecular weight is 231 g/mol. The largest absolute Gasteiger partial charge is 0.468 e. The maximum absolute atomic E-state index is 13.2. The van der Waals surface area contributed by atoms with Gasteiger partial charge in [-0.1, -0.05) is 0 Å². The molecule has 0 saturated heterocycles. The number of aromatic nitrogens is 1. The highest BCUT2D eigenvalue weighted by atomic mass is 19.1. The summed E-state index contributed by atoms with van der Waals surface area (Å²) in [5.41, 5.74) is 0. The third-order valence-corrected chi connectivity index (χ3v) is 1.79. The zero-order valence-electron chi connectivity index (χ0n) is 8.80. The molecule has 0 aromatic carbocycles. The van der Waals surface area contributed by atoms with E-state index in [1.807, 2.05) is 0 Å². The van der Waals surface area contributed by atoms with E-state index in [0.29, 0.717) is 6.07 Å². The Morgan fingerprint density at radius 2 is 2.06 bits per heavy atom. The first-order valence-corrected chi connectivity index (χ1v) is 4.43. The van der Waals surface area contributed by atoms with Crippen LogP contribution in [0, 0.1) is 11.6 Å². The van der Waals surface area contributed by atoms with E-state index in [-0.39, 0.29) is 18.2 Å². The van der Waals surface area contributed by atoms with Crippen LogP contribution in [0.4, 0.5) is 20.4 Å². The lowest BCUT2D eigenvalue weighted by Crippen LogP contribution is -2.17. The Hall–Kier alpha value is -1.92. The fourth-order valence-corrected chi connectivity index (χ4v) is 0.994. The number of methoxy groups -OCH3 is 1. The van der Waals surface area contributed by atoms with Crippen molar-refractivity contribution in [3.8, 4) is 0 Å². The van der Waals surface area contributed by atoms with Gasteiger partial charge in [0.1, 0.15) is 6.54 Å². The number of halogens is 2. The molecule has 1 rings (SSSR count). The highest BCUT2D eigenvalue weighted by molar-refractivity contribution is 5.74. The summed E-state index contributed by atoms with van der Waals surface area (Å²) in [6, 6.07) is 0.679. The summed E-state index contributed by atoms with van der Waals surface area (Å²) in [4.78, 5) is 14.4. The van der Waals surface area contributed by atoms with Crippen LogP contribution in [0.15, 0.2) is 6.07 Å². The Morgan fingerprint density at radius 1 is 1.44 bits per heavy atom. The van der Waals surface area contributed by atoms with Gasteiger partial charge in [-0.15, -0.1) is 0 Å². The van der Waals surface area contributed by atoms with Crippen LogP contribution in [0.1, 0.15) is 0 Å². The molecule has 1 aromatic heterocycles. The van der Waals surface area contributed by atoms with Crippen molar-refractivity contribution in [3.63, 3.8) is 0 Å². The summed E-state index contributed by atoms with van der Waals surface area (Å²) < 4.78 is 30.5. The summed E-state index contributed by atoms with van der Waals surface area (Å²) in [6.45, 7) is -0.241. The molecule has 0 amide bonds. The van der Waals surface area contributed by atoms with Gasteiger partial charge >= 0.3 is 5.97 Å². The van der Waals surface area contributed by atoms with E-state index in [4.69, 9.17) is 0 Å². The second-order valence-electron chi connectivity index (χ2n) is 2.83. The van der Waals surface area contributed by atoms with Crippen LogP contribution < -0.4 is 10.6 Å². The van der Waals surface area contributed by atoms with Crippen molar-refractivity contribution in [3.05, 3.63) is 17.7 Å². The normalized spacial score (nSPS) is 9.75. The van der Waals surface area contributed by atoms with Crippen molar-refractivity contribution in [1.29, 1.82) is 0 Å². The van der Waals surface area contributed by atoms with Gasteiger partial charge < -0.3 is 15.4 Å². The van der Waals surface area contributed by atoms with E-state index in [0.717, 1.165) is 0 Å². The number of hydrogen-bond donors (Lipinski definition) is 2. The van der Waals surface area contributed by atoms with Crippen LogP contribution in [0.25, 0.3) is 0 Å². The van der Waals surface area contributed by atoms with Gasteiger partial charge in [-0.05, 0) is 0 Å². The molecule has 16 heavy (non-hydrogen) atoms. The van der Waals surface area contributed by atoms with Crippen LogP contribution in [-0.4, -0.2) is 31.7 Å². The van der Waals surface area contributed by atoms with Crippen molar-refractivity contribution in [2.24, 2.45) is 0 Å². The molecule has 0 radical (unpaired) electrons. The molecule has 0 unspecified atom stereocenters. The molecule has 0 aliphatic carbocycles. The minimum absolute atomic E-state index is 0.103. The number of esters is 1. The smallest absolute Gasteiger partial charge is 0.325 e. The first kappa shape index (κ1) is 12.2. The summed E-state index contributed by atoms with van der Waals surface area (Å²) >= 11 is 0. The summed E-state index contributed by atoms with van der Waals surface area (Å²) in [7, 11) is 2.66. The molecule has 0 spiro atoms. The number of hydrogen-bond acceptors (Lipinski definition) is 5. The first-order valence-electron chi connectivity index (χ1n) is 4.43. The molecule has 1 aromatic rings. The average Bonchev–Trinajstić information content (AvgIpc) is 2.27. The Kier molecular flexibility index (Phi) is 3.98. The summed E-state index contributed by atoms with van der Waals surface area (Å²) in [5, 5.41) is 4.85. The number of anilines is 2. The highest BCUT2D eigenvalue weighted by Crippen LogP contribution is 2.18. The van der Waals surface area contributed by atoms with E-state index >= 15 is 0 Å². The molecule has 0 fully saturated rings. The van der Waals surface area contributed by atoms with Crippen molar-refractivity contribution < 1.29 is 18.3 Å². The fourth-order valence-electron chi connectivity index (χ4n) is 0.994. The number of carbonyl (C=O) groups excluding carboxylic acids is 1. The third-order valence-electron chi connectivity index (χ3n) is 1.79. The Labute approximate surface area is 90.8 Å². The van der Waals surface area contributed by atoms with Crippen LogP contribution in [0.5, 0.6) is 0 Å². The van der Waals surface area contributed by atoms with Crippen molar-refractivity contribution in [2.45, 2.75) is 0 Å². The van der Waals surface area contributed by atoms with Crippen molar-refractivity contribution in [2.75, 3.05) is 31.3 Å². The number of rotatable bonds is 4. The van der Waals surface area contributed by atoms with E-state index in [1.165, 1.54) is 14.2 Å². The fraction of sp³-hybridized carbons (Fsp3) is 0.333. The van der Waals surface area contributed by atoms with Gasteiger partial charge in [-0.3, -0.25) is 4.79 Å². The molecule has 7 heteroatoms. The monoisotopic (exact) mass is 231 g/mol. The van der Waals surface area contributed by atoms with E-state index in [9.17, 15) is 13.6 Å². The molecule has 0 bridgehead atoms. The predicted molar refractivity (Wildman–Crippen MR) is 54.2 cm³/mol. The van der Waals surface area contributed by atoms with Crippen LogP contribution in [-0.2, 0) is 9.53 Å². The molecule has 0 saturated carbocycles. The number of ether oxygens (including phenoxy) is 1. The number of nitrogens with one attached hydrogen (secondary N) is 2. The van der Waals surface area contributed by atoms with Gasteiger partial charge in [0.15, 0.2) is 23.3 Å². The van der Waals surface area contributed by atoms with Gasteiger partial charge in [0, 0.05) is 13.1 Å². The summed E-state index contributed by atoms with van der Waals surface area (Å²) in [6.07, 6.45) is 0. The Morgan fingerprint density at radius 3 is 2.62 bits per heavy atom. The second kappa shape index (κ2) is 5.24. The van der Waals surface area contributed by atoms with E-state index in [2.05, 4.69) is 20.4 Å². The standard InChI is InChI=1S/C9H11F2N3O2/c1-12-8-5(10)3-6(11)9(14-8)13-4-7(15)16-2/h3H,4H2,1-2H3,(H2,12,13,14). The van der Waals surface area contributed by atoms with Gasteiger partial charge in [0.25, 0.3) is 0 Å². The molecule has 5 nitrogen and oxygen atoms in total. The Balaban J connectivity index is 2.83. The molecule has 0 atom stereocenters. The third kappa shape index (κ3) is 2.78. The topological polar surface area (TPSA) is 63.2 Å². The molecular formula is C9H11F2N3O2. The SMILES string of the molecule is CNc1nc(NCC(=O)OC)c(F)cc1F. The van der Waals surface area contributed by atoms with Crippen molar-refractivity contribution >= 4 is 17.6 Å². The molecule has 1 heterocycles. The number of pyridine rings is 1. The van der Waals surface area contributed by atoms with Gasteiger partial charge in [0.05, 0.1) is 7.11 Å². The zero-order valence-corrected chi connectivity index (χ0v) is 8.80. The lowest BCUT2D eigenvalue weighted by molar-refractivity contribution is -0.138. The Bertz CT molecular complexity index is 399. The number of nitrogens with zero attached hydrogens (tertiary/aromatic N) is 1. The summed E-state index contributed by atoms with van der Waals surface area (Å²) in [5.74, 6) is -2.56. The molecule has 0 aliphatic rings. The van der Waals surface area contributed by atoms with Gasteiger partial charge in [0.2, 0.25) is 0 Å². The molecule has 88 valence electrons. The van der Waals surface area contributed by atoms with Crippen LogP contribution in [0.3, 0.4) is 0 Å². The number of carbonyl (C=O) groups is 1. The maximum atomic E-state index is 13.2. The molecular weight excluding hydrogens is 220 g/mol. The highest BCUT2D eigenvalue weighted by Gasteiger charge is 2.11. The van der Waals surface area contributed by atoms with Crippen LogP contribution in [0.2, 0.25) is 0 Å². The molecule has 0 aliphatic heterocycles. The van der Waals surface area contributed by atoms with E-state index < -0.39 is 17.6 Å². The second-order valence-corrected chi connectivity index (χ2v) is 2.83. The minimum atomic E-state index is -0.875. The lowest BCUT2D eigenvalue weighted by atomic mass is 10.4. The van der Waals surface area contributed by atoms with Gasteiger partial charge in [-0.2, -0.15) is 0 Å². The quantitative estimate of drug-likeness (QED) is 0.756. The van der Waals surface area contributed by atoms with Crippen LogP contribution >= 0.6 is 0 Å².